The zero-order valence-corrected chi connectivity index (χ0v) is 17.8. The van der Waals surface area contributed by atoms with Gasteiger partial charge in [-0.2, -0.15) is 0 Å². The van der Waals surface area contributed by atoms with Crippen molar-refractivity contribution in [2.75, 3.05) is 27.9 Å². The number of ether oxygens (including phenoxy) is 1. The van der Waals surface area contributed by atoms with Gasteiger partial charge in [-0.25, -0.2) is 0 Å². The van der Waals surface area contributed by atoms with Crippen molar-refractivity contribution in [2.24, 2.45) is 10.3 Å². The van der Waals surface area contributed by atoms with Crippen LogP contribution in [0.3, 0.4) is 0 Å². The highest BCUT2D eigenvalue weighted by Crippen LogP contribution is 2.22. The van der Waals surface area contributed by atoms with E-state index in [9.17, 15) is 0 Å². The lowest BCUT2D eigenvalue weighted by atomic mass is 10.0. The van der Waals surface area contributed by atoms with Crippen LogP contribution in [0.15, 0.2) is 58.8 Å². The number of rotatable bonds is 9. The van der Waals surface area contributed by atoms with Gasteiger partial charge in [0, 0.05) is 35.9 Å². The van der Waals surface area contributed by atoms with E-state index in [-0.39, 0.29) is 6.61 Å². The normalized spacial score (nSPS) is 11.2. The molecule has 0 saturated carbocycles. The molecule has 0 bridgehead atoms. The van der Waals surface area contributed by atoms with E-state index >= 15 is 0 Å². The number of benzene rings is 2. The summed E-state index contributed by atoms with van der Waals surface area (Å²) < 4.78 is 5.21. The molecule has 0 aliphatic rings. The second-order valence-electron chi connectivity index (χ2n) is 5.64. The van der Waals surface area contributed by atoms with Crippen molar-refractivity contribution in [2.45, 2.75) is 13.5 Å². The zero-order valence-electron chi connectivity index (χ0n) is 17.0. The van der Waals surface area contributed by atoms with Gasteiger partial charge in [-0.1, -0.05) is 64.4 Å². The fourth-order valence-electron chi connectivity index (χ4n) is 2.33. The number of carbonyl (C=O) groups is 1. The number of oxime groups is 2. The first-order valence-electron chi connectivity index (χ1n) is 8.78. The maximum atomic E-state index is 9.06. The van der Waals surface area contributed by atoms with Gasteiger partial charge in [0.25, 0.3) is 0 Å². The van der Waals surface area contributed by atoms with Gasteiger partial charge in [0.05, 0.1) is 12.3 Å². The second kappa shape index (κ2) is 14.1. The van der Waals surface area contributed by atoms with Gasteiger partial charge in [0.1, 0.15) is 19.4 Å². The standard InChI is InChI=1S/C19H21ClN2O3.C2H5NO/c1-14(21-24-3)16-10-7-11-18(20)17(16)12-25-22-19(13-23-2)15-8-5-4-6-9-15;1-3-2-4/h4-11H,12-13H2,1-3H3;2H,1H3,(H,3,4)/b21-14-,22-19+;. The van der Waals surface area contributed by atoms with Crippen molar-refractivity contribution in [3.63, 3.8) is 0 Å². The third-order valence-electron chi connectivity index (χ3n) is 3.63. The lowest BCUT2D eigenvalue weighted by molar-refractivity contribution is -0.109. The summed E-state index contributed by atoms with van der Waals surface area (Å²) in [7, 11) is 4.69. The maximum absolute atomic E-state index is 9.06. The van der Waals surface area contributed by atoms with Crippen LogP contribution in [0.2, 0.25) is 5.02 Å². The number of nitrogens with zero attached hydrogens (tertiary/aromatic N) is 2. The summed E-state index contributed by atoms with van der Waals surface area (Å²) in [6.45, 7) is 2.41. The summed E-state index contributed by atoms with van der Waals surface area (Å²) in [5.74, 6) is 0. The molecule has 2 aromatic carbocycles. The number of nitrogens with one attached hydrogen (secondary N) is 1. The molecule has 29 heavy (non-hydrogen) atoms. The van der Waals surface area contributed by atoms with Crippen LogP contribution < -0.4 is 5.32 Å². The minimum absolute atomic E-state index is 0.214. The van der Waals surface area contributed by atoms with E-state index < -0.39 is 0 Å². The van der Waals surface area contributed by atoms with Crippen LogP contribution in [0.5, 0.6) is 0 Å². The summed E-state index contributed by atoms with van der Waals surface area (Å²) in [6.07, 6.45) is 0.625. The van der Waals surface area contributed by atoms with Crippen LogP contribution in [0, 0.1) is 0 Å². The molecule has 8 heteroatoms. The minimum Gasteiger partial charge on any atom is -0.399 e. The Balaban J connectivity index is 0.000000960. The first kappa shape index (κ1) is 24.1. The molecule has 2 aromatic rings. The highest BCUT2D eigenvalue weighted by molar-refractivity contribution is 6.32. The highest BCUT2D eigenvalue weighted by Gasteiger charge is 2.11. The van der Waals surface area contributed by atoms with Crippen molar-refractivity contribution < 1.29 is 19.2 Å². The smallest absolute Gasteiger partial charge is 0.206 e. The van der Waals surface area contributed by atoms with Crippen LogP contribution >= 0.6 is 11.6 Å². The Morgan fingerprint density at radius 3 is 2.38 bits per heavy atom. The van der Waals surface area contributed by atoms with E-state index in [0.29, 0.717) is 29.5 Å². The Kier molecular flexibility index (Phi) is 11.8. The number of carbonyl (C=O) groups excluding carboxylic acids is 1. The van der Waals surface area contributed by atoms with Crippen molar-refractivity contribution in [3.05, 3.63) is 70.2 Å². The summed E-state index contributed by atoms with van der Waals surface area (Å²) in [4.78, 5) is 19.5. The second-order valence-corrected chi connectivity index (χ2v) is 6.05. The molecule has 0 fully saturated rings. The fourth-order valence-corrected chi connectivity index (χ4v) is 2.56. The molecule has 0 saturated heterocycles. The Hall–Kier alpha value is -2.90. The highest BCUT2D eigenvalue weighted by atomic mass is 35.5. The van der Waals surface area contributed by atoms with E-state index in [1.165, 1.54) is 7.11 Å². The summed E-state index contributed by atoms with van der Waals surface area (Å²) >= 11 is 6.32. The molecule has 1 N–H and O–H groups in total. The first-order chi connectivity index (χ1) is 14.1. The Morgan fingerprint density at radius 2 is 1.79 bits per heavy atom. The molecule has 156 valence electrons. The molecule has 1 amide bonds. The summed E-state index contributed by atoms with van der Waals surface area (Å²) in [6, 6.07) is 15.3. The SMILES string of the molecule is CNC=O.COC/C(=N\OCc1c(Cl)cccc1/C(C)=N\OC)c1ccccc1. The molecule has 0 heterocycles. The van der Waals surface area contributed by atoms with Crippen LogP contribution in [0.1, 0.15) is 23.6 Å². The summed E-state index contributed by atoms with van der Waals surface area (Å²) in [5, 5.41) is 11.0. The van der Waals surface area contributed by atoms with Gasteiger partial charge in [-0.15, -0.1) is 0 Å². The van der Waals surface area contributed by atoms with Crippen molar-refractivity contribution >= 4 is 29.4 Å². The van der Waals surface area contributed by atoms with E-state index in [1.54, 1.807) is 20.2 Å². The zero-order chi connectivity index (χ0) is 21.5. The summed E-state index contributed by atoms with van der Waals surface area (Å²) in [5.41, 5.74) is 4.03. The van der Waals surface area contributed by atoms with Gasteiger partial charge >= 0.3 is 0 Å². The van der Waals surface area contributed by atoms with Crippen molar-refractivity contribution in [1.29, 1.82) is 0 Å². The average molecular weight is 420 g/mol. The number of hydrogen-bond acceptors (Lipinski definition) is 6. The van der Waals surface area contributed by atoms with Gasteiger partial charge < -0.3 is 19.7 Å². The van der Waals surface area contributed by atoms with Gasteiger partial charge in [-0.3, -0.25) is 4.79 Å². The third-order valence-corrected chi connectivity index (χ3v) is 3.98. The monoisotopic (exact) mass is 419 g/mol. The predicted octanol–water partition coefficient (Wildman–Crippen LogP) is 3.64. The fraction of sp³-hybridized carbons (Fsp3) is 0.286. The van der Waals surface area contributed by atoms with Crippen LogP contribution in [0.25, 0.3) is 0 Å². The van der Waals surface area contributed by atoms with Crippen molar-refractivity contribution in [3.8, 4) is 0 Å². The van der Waals surface area contributed by atoms with Crippen molar-refractivity contribution in [1.82, 2.24) is 5.32 Å². The molecule has 0 aromatic heterocycles. The van der Waals surface area contributed by atoms with Gasteiger partial charge in [0.15, 0.2) is 0 Å². The Bertz CT molecular complexity index is 811. The lowest BCUT2D eigenvalue weighted by Crippen LogP contribution is -2.10. The van der Waals surface area contributed by atoms with E-state index in [0.717, 1.165) is 16.7 Å². The topological polar surface area (TPSA) is 81.5 Å². The molecule has 2 rings (SSSR count). The average Bonchev–Trinajstić information content (AvgIpc) is 2.75. The predicted molar refractivity (Wildman–Crippen MR) is 115 cm³/mol. The molecule has 0 spiro atoms. The molecule has 0 atom stereocenters. The molecule has 7 nitrogen and oxygen atoms in total. The number of amides is 1. The number of halogens is 1. The van der Waals surface area contributed by atoms with E-state index in [1.807, 2.05) is 49.4 Å². The van der Waals surface area contributed by atoms with Gasteiger partial charge in [0.2, 0.25) is 6.41 Å². The van der Waals surface area contributed by atoms with E-state index in [4.69, 9.17) is 30.8 Å². The largest absolute Gasteiger partial charge is 0.399 e. The third kappa shape index (κ3) is 8.33. The van der Waals surface area contributed by atoms with Crippen LogP contribution in [-0.2, 0) is 25.8 Å². The lowest BCUT2D eigenvalue weighted by Gasteiger charge is -2.11. The molecular weight excluding hydrogens is 394 g/mol. The molecule has 0 aliphatic carbocycles. The van der Waals surface area contributed by atoms with E-state index in [2.05, 4.69) is 15.6 Å². The molecule has 0 unspecified atom stereocenters. The minimum atomic E-state index is 0.214. The Morgan fingerprint density at radius 1 is 1.10 bits per heavy atom. The van der Waals surface area contributed by atoms with Crippen LogP contribution in [0.4, 0.5) is 0 Å². The number of methoxy groups -OCH3 is 1. The number of hydrogen-bond donors (Lipinski definition) is 1. The molecular formula is C21H26ClN3O4. The maximum Gasteiger partial charge on any atom is 0.206 e. The Labute approximate surface area is 176 Å². The molecule has 0 aliphatic heterocycles. The first-order valence-corrected chi connectivity index (χ1v) is 9.16. The van der Waals surface area contributed by atoms with Gasteiger partial charge in [-0.05, 0) is 13.0 Å². The molecule has 0 radical (unpaired) electrons. The quantitative estimate of drug-likeness (QED) is 0.382. The van der Waals surface area contributed by atoms with Crippen LogP contribution in [-0.4, -0.2) is 45.7 Å².